The van der Waals surface area contributed by atoms with Crippen LogP contribution < -0.4 is 3.83 Å². The van der Waals surface area contributed by atoms with E-state index in [9.17, 15) is 0 Å². The number of hydrogen-bond donors (Lipinski definition) is 0. The number of benzene rings is 1. The second-order valence-corrected chi connectivity index (χ2v) is 4.75. The molecule has 0 aromatic heterocycles. The van der Waals surface area contributed by atoms with Crippen molar-refractivity contribution in [2.24, 2.45) is 5.41 Å². The molecule has 72 valence electrons. The maximum atomic E-state index is 5.10. The molecule has 0 saturated carbocycles. The predicted octanol–water partition coefficient (Wildman–Crippen LogP) is 3.96. The zero-order valence-corrected chi connectivity index (χ0v) is 9.89. The Morgan fingerprint density at radius 3 is 2.38 bits per heavy atom. The lowest BCUT2D eigenvalue weighted by Crippen LogP contribution is -2.09. The highest BCUT2D eigenvalue weighted by Gasteiger charge is 2.13. The molecule has 0 N–H and O–H groups in total. The quantitative estimate of drug-likeness (QED) is 0.763. The molecule has 2 heteroatoms. The molecule has 1 aromatic rings. The first-order valence-electron chi connectivity index (χ1n) is 4.39. The van der Waals surface area contributed by atoms with Gasteiger partial charge in [0.2, 0.25) is 0 Å². The lowest BCUT2D eigenvalue weighted by atomic mass is 9.88. The van der Waals surface area contributed by atoms with Crippen molar-refractivity contribution in [3.05, 3.63) is 29.8 Å². The lowest BCUT2D eigenvalue weighted by Gasteiger charge is -2.19. The van der Waals surface area contributed by atoms with Crippen LogP contribution in [0.3, 0.4) is 0 Å². The largest absolute Gasteiger partial charge is 0.418 e. The fraction of sp³-hybridized carbons (Fsp3) is 0.455. The van der Waals surface area contributed by atoms with Crippen LogP contribution in [-0.2, 0) is 6.42 Å². The zero-order valence-electron chi connectivity index (χ0n) is 8.30. The van der Waals surface area contributed by atoms with E-state index in [1.165, 1.54) is 5.56 Å². The third-order valence-corrected chi connectivity index (χ3v) is 2.13. The van der Waals surface area contributed by atoms with Gasteiger partial charge in [-0.3, -0.25) is 0 Å². The van der Waals surface area contributed by atoms with Crippen molar-refractivity contribution in [1.29, 1.82) is 0 Å². The second kappa shape index (κ2) is 4.14. The summed E-state index contributed by atoms with van der Waals surface area (Å²) >= 11 is 3.02. The Morgan fingerprint density at radius 1 is 1.23 bits per heavy atom. The SMILES string of the molecule is CC(C)(C)Cc1ccccc1OBr. The van der Waals surface area contributed by atoms with Crippen molar-refractivity contribution in [2.45, 2.75) is 27.2 Å². The van der Waals surface area contributed by atoms with E-state index >= 15 is 0 Å². The standard InChI is InChI=1S/C11H15BrO/c1-11(2,3)8-9-6-4-5-7-10(9)13-12/h4-7H,8H2,1-3H3. The molecule has 0 heterocycles. The Labute approximate surface area is 88.6 Å². The second-order valence-electron chi connectivity index (χ2n) is 4.42. The van der Waals surface area contributed by atoms with Gasteiger partial charge in [0.1, 0.15) is 5.75 Å². The molecule has 0 unspecified atom stereocenters. The van der Waals surface area contributed by atoms with Crippen molar-refractivity contribution in [1.82, 2.24) is 0 Å². The molecule has 1 rings (SSSR count). The average Bonchev–Trinajstić information content (AvgIpc) is 2.02. The highest BCUT2D eigenvalue weighted by Crippen LogP contribution is 2.27. The van der Waals surface area contributed by atoms with Gasteiger partial charge in [0, 0.05) is 0 Å². The van der Waals surface area contributed by atoms with E-state index < -0.39 is 0 Å². The molecule has 0 atom stereocenters. The Bertz CT molecular complexity index is 276. The van der Waals surface area contributed by atoms with E-state index in [1.807, 2.05) is 18.2 Å². The van der Waals surface area contributed by atoms with Crippen LogP contribution in [0.2, 0.25) is 0 Å². The van der Waals surface area contributed by atoms with Crippen LogP contribution in [-0.4, -0.2) is 0 Å². The van der Waals surface area contributed by atoms with Gasteiger partial charge in [0.15, 0.2) is 16.3 Å². The summed E-state index contributed by atoms with van der Waals surface area (Å²) in [5, 5.41) is 0. The Hall–Kier alpha value is -0.500. The van der Waals surface area contributed by atoms with E-state index in [4.69, 9.17) is 3.83 Å². The number of halogens is 1. The first-order valence-corrected chi connectivity index (χ1v) is 5.04. The van der Waals surface area contributed by atoms with Crippen molar-refractivity contribution in [3.8, 4) is 5.75 Å². The van der Waals surface area contributed by atoms with E-state index in [1.54, 1.807) is 0 Å². The summed E-state index contributed by atoms with van der Waals surface area (Å²) in [6.07, 6.45) is 1.02. The van der Waals surface area contributed by atoms with E-state index in [0.29, 0.717) is 5.41 Å². The minimum atomic E-state index is 0.293. The van der Waals surface area contributed by atoms with Crippen LogP contribution in [0.1, 0.15) is 26.3 Å². The van der Waals surface area contributed by atoms with Crippen LogP contribution in [0.4, 0.5) is 0 Å². The molecule has 0 aliphatic heterocycles. The molecule has 13 heavy (non-hydrogen) atoms. The summed E-state index contributed by atoms with van der Waals surface area (Å²) in [6, 6.07) is 8.08. The molecule has 1 aromatic carbocycles. The monoisotopic (exact) mass is 242 g/mol. The fourth-order valence-electron chi connectivity index (χ4n) is 1.30. The van der Waals surface area contributed by atoms with Gasteiger partial charge >= 0.3 is 0 Å². The van der Waals surface area contributed by atoms with Gasteiger partial charge in [0.05, 0.1) is 0 Å². The molecule has 0 aliphatic rings. The zero-order chi connectivity index (χ0) is 9.90. The maximum absolute atomic E-state index is 5.10. The molecule has 1 nitrogen and oxygen atoms in total. The molecule has 0 bridgehead atoms. The van der Waals surface area contributed by atoms with Crippen LogP contribution in [0.25, 0.3) is 0 Å². The van der Waals surface area contributed by atoms with Crippen LogP contribution in [0.5, 0.6) is 5.75 Å². The average molecular weight is 243 g/mol. The van der Waals surface area contributed by atoms with E-state index in [0.717, 1.165) is 12.2 Å². The molecular formula is C11H15BrO. The minimum Gasteiger partial charge on any atom is -0.418 e. The lowest BCUT2D eigenvalue weighted by molar-refractivity contribution is 0.407. The normalized spacial score (nSPS) is 11.4. The van der Waals surface area contributed by atoms with Gasteiger partial charge in [-0.15, -0.1) is 0 Å². The molecule has 0 spiro atoms. The third kappa shape index (κ3) is 3.39. The van der Waals surface area contributed by atoms with Gasteiger partial charge < -0.3 is 3.83 Å². The van der Waals surface area contributed by atoms with E-state index in [2.05, 4.69) is 43.1 Å². The highest BCUT2D eigenvalue weighted by atomic mass is 79.9. The van der Waals surface area contributed by atoms with Crippen molar-refractivity contribution >= 4 is 16.3 Å². The molecule has 0 aliphatic carbocycles. The Kier molecular flexibility index (Phi) is 3.37. The fourth-order valence-corrected chi connectivity index (χ4v) is 1.61. The number of rotatable bonds is 2. The molecule has 0 saturated heterocycles. The van der Waals surface area contributed by atoms with Crippen LogP contribution in [0.15, 0.2) is 24.3 Å². The number of hydrogen-bond acceptors (Lipinski definition) is 1. The minimum absolute atomic E-state index is 0.293. The molecular weight excluding hydrogens is 228 g/mol. The van der Waals surface area contributed by atoms with Gasteiger partial charge in [0.25, 0.3) is 0 Å². The van der Waals surface area contributed by atoms with E-state index in [-0.39, 0.29) is 0 Å². The van der Waals surface area contributed by atoms with Crippen LogP contribution >= 0.6 is 16.3 Å². The Balaban J connectivity index is 2.87. The molecule has 0 radical (unpaired) electrons. The summed E-state index contributed by atoms with van der Waals surface area (Å²) in [5.74, 6) is 0.914. The van der Waals surface area contributed by atoms with Gasteiger partial charge in [-0.05, 0) is 23.5 Å². The first kappa shape index (κ1) is 10.6. The summed E-state index contributed by atoms with van der Waals surface area (Å²) in [7, 11) is 0. The summed E-state index contributed by atoms with van der Waals surface area (Å²) in [6.45, 7) is 6.66. The summed E-state index contributed by atoms with van der Waals surface area (Å²) in [4.78, 5) is 0. The number of para-hydroxylation sites is 1. The predicted molar refractivity (Wildman–Crippen MR) is 59.2 cm³/mol. The van der Waals surface area contributed by atoms with Gasteiger partial charge in [-0.1, -0.05) is 39.0 Å². The third-order valence-electron chi connectivity index (χ3n) is 1.78. The smallest absolute Gasteiger partial charge is 0.179 e. The van der Waals surface area contributed by atoms with Gasteiger partial charge in [-0.2, -0.15) is 0 Å². The van der Waals surface area contributed by atoms with Crippen LogP contribution in [0, 0.1) is 5.41 Å². The summed E-state index contributed by atoms with van der Waals surface area (Å²) in [5.41, 5.74) is 1.54. The van der Waals surface area contributed by atoms with Crippen molar-refractivity contribution in [3.63, 3.8) is 0 Å². The Morgan fingerprint density at radius 2 is 1.85 bits per heavy atom. The van der Waals surface area contributed by atoms with Crippen molar-refractivity contribution in [2.75, 3.05) is 0 Å². The van der Waals surface area contributed by atoms with Crippen molar-refractivity contribution < 1.29 is 3.83 Å². The highest BCUT2D eigenvalue weighted by molar-refractivity contribution is 9.06. The topological polar surface area (TPSA) is 9.23 Å². The first-order chi connectivity index (χ1) is 6.03. The maximum Gasteiger partial charge on any atom is 0.179 e. The molecule has 0 fully saturated rings. The van der Waals surface area contributed by atoms with Gasteiger partial charge in [-0.25, -0.2) is 0 Å². The molecule has 0 amide bonds. The summed E-state index contributed by atoms with van der Waals surface area (Å²) < 4.78 is 5.10.